The van der Waals surface area contributed by atoms with Crippen molar-refractivity contribution in [2.45, 2.75) is 6.10 Å². The van der Waals surface area contributed by atoms with Crippen molar-refractivity contribution in [1.29, 1.82) is 0 Å². The number of ether oxygens (including phenoxy) is 1. The fourth-order valence-electron chi connectivity index (χ4n) is 3.70. The summed E-state index contributed by atoms with van der Waals surface area (Å²) in [6, 6.07) is 10.6. The highest BCUT2D eigenvalue weighted by Gasteiger charge is 2.29. The molecule has 1 aliphatic rings. The van der Waals surface area contributed by atoms with Crippen LogP contribution in [-0.2, 0) is 4.74 Å². The molecule has 0 radical (unpaired) electrons. The van der Waals surface area contributed by atoms with E-state index in [-0.39, 0.29) is 17.6 Å². The number of carbonyl (C=O) groups is 1. The van der Waals surface area contributed by atoms with Gasteiger partial charge >= 0.3 is 0 Å². The molecule has 0 N–H and O–H groups in total. The number of hydrogen-bond donors (Lipinski definition) is 0. The normalized spacial score (nSPS) is 16.7. The van der Waals surface area contributed by atoms with Crippen molar-refractivity contribution in [2.24, 2.45) is 0 Å². The second-order valence-electron chi connectivity index (χ2n) is 7.05. The molecule has 30 heavy (non-hydrogen) atoms. The Morgan fingerprint density at radius 1 is 1.07 bits per heavy atom. The number of pyridine rings is 3. The highest BCUT2D eigenvalue weighted by Crippen LogP contribution is 2.28. The van der Waals surface area contributed by atoms with Crippen molar-refractivity contribution in [3.05, 3.63) is 84.7 Å². The van der Waals surface area contributed by atoms with E-state index in [9.17, 15) is 9.18 Å². The number of fused-ring (bicyclic) bond motifs is 1. The molecule has 5 heterocycles. The first-order chi connectivity index (χ1) is 14.7. The standard InChI is InChI=1S/C22H18FN5O2/c23-20-11-16(5-8-25-20)22(29)27-9-10-30-19(13-27)21-18-2-1-17(12-28(18)14-26-21)15-3-6-24-7-4-15/h1-8,11-12,14,19H,9-10,13H2/t19-/m0/s1. The van der Waals surface area contributed by atoms with Gasteiger partial charge < -0.3 is 14.0 Å². The van der Waals surface area contributed by atoms with E-state index in [1.165, 1.54) is 12.3 Å². The van der Waals surface area contributed by atoms with Crippen LogP contribution in [0.15, 0.2) is 67.5 Å². The van der Waals surface area contributed by atoms with Gasteiger partial charge in [-0.05, 0) is 35.4 Å². The van der Waals surface area contributed by atoms with E-state index >= 15 is 0 Å². The van der Waals surface area contributed by atoms with Crippen molar-refractivity contribution >= 4 is 11.4 Å². The summed E-state index contributed by atoms with van der Waals surface area (Å²) in [5, 5.41) is 0. The van der Waals surface area contributed by atoms with Crippen LogP contribution < -0.4 is 0 Å². The molecular formula is C22H18FN5O2. The van der Waals surface area contributed by atoms with E-state index in [4.69, 9.17) is 4.74 Å². The van der Waals surface area contributed by atoms with Crippen molar-refractivity contribution in [2.75, 3.05) is 19.7 Å². The van der Waals surface area contributed by atoms with Crippen molar-refractivity contribution < 1.29 is 13.9 Å². The maximum Gasteiger partial charge on any atom is 0.254 e. The lowest BCUT2D eigenvalue weighted by atomic mass is 10.1. The minimum atomic E-state index is -0.671. The Morgan fingerprint density at radius 3 is 2.77 bits per heavy atom. The SMILES string of the molecule is O=C(c1ccnc(F)c1)N1CCO[C@H](c2ncn3cc(-c4ccncc4)ccc23)C1. The molecule has 0 spiro atoms. The number of aromatic nitrogens is 4. The van der Waals surface area contributed by atoms with Crippen LogP contribution in [0.4, 0.5) is 4.39 Å². The smallest absolute Gasteiger partial charge is 0.254 e. The zero-order chi connectivity index (χ0) is 20.5. The van der Waals surface area contributed by atoms with Gasteiger partial charge in [0.2, 0.25) is 5.95 Å². The second-order valence-corrected chi connectivity index (χ2v) is 7.05. The highest BCUT2D eigenvalue weighted by atomic mass is 19.1. The summed E-state index contributed by atoms with van der Waals surface area (Å²) in [4.78, 5) is 26.6. The molecular weight excluding hydrogens is 385 g/mol. The molecule has 0 aromatic carbocycles. The van der Waals surface area contributed by atoms with E-state index in [1.807, 2.05) is 34.9 Å². The summed E-state index contributed by atoms with van der Waals surface area (Å²) in [6.45, 7) is 1.18. The number of nitrogens with zero attached hydrogens (tertiary/aromatic N) is 5. The van der Waals surface area contributed by atoms with Gasteiger partial charge in [-0.2, -0.15) is 4.39 Å². The topological polar surface area (TPSA) is 72.6 Å². The Balaban J connectivity index is 1.40. The predicted molar refractivity (Wildman–Crippen MR) is 107 cm³/mol. The summed E-state index contributed by atoms with van der Waals surface area (Å²) < 4.78 is 21.3. The fraction of sp³-hybridized carbons (Fsp3) is 0.182. The summed E-state index contributed by atoms with van der Waals surface area (Å²) in [5.41, 5.74) is 4.09. The maximum absolute atomic E-state index is 13.4. The van der Waals surface area contributed by atoms with Crippen LogP contribution in [0.5, 0.6) is 0 Å². The van der Waals surface area contributed by atoms with Crippen LogP contribution >= 0.6 is 0 Å². The molecule has 7 nitrogen and oxygen atoms in total. The predicted octanol–water partition coefficient (Wildman–Crippen LogP) is 3.14. The first-order valence-electron chi connectivity index (χ1n) is 9.58. The molecule has 0 saturated carbocycles. The van der Waals surface area contributed by atoms with Gasteiger partial charge in [0, 0.05) is 43.0 Å². The Hall–Kier alpha value is -3.65. The average molecular weight is 403 g/mol. The summed E-state index contributed by atoms with van der Waals surface area (Å²) >= 11 is 0. The Bertz CT molecular complexity index is 1210. The van der Waals surface area contributed by atoms with Gasteiger partial charge in [0.15, 0.2) is 0 Å². The van der Waals surface area contributed by atoms with Crippen molar-refractivity contribution in [1.82, 2.24) is 24.3 Å². The van der Waals surface area contributed by atoms with Crippen molar-refractivity contribution in [3.63, 3.8) is 0 Å². The second kappa shape index (κ2) is 7.64. The third kappa shape index (κ3) is 3.42. The highest BCUT2D eigenvalue weighted by molar-refractivity contribution is 5.94. The number of rotatable bonds is 3. The third-order valence-electron chi connectivity index (χ3n) is 5.21. The van der Waals surface area contributed by atoms with E-state index in [2.05, 4.69) is 15.0 Å². The molecule has 1 amide bonds. The van der Waals surface area contributed by atoms with E-state index in [1.54, 1.807) is 23.6 Å². The average Bonchev–Trinajstić information content (AvgIpc) is 3.22. The summed E-state index contributed by atoms with van der Waals surface area (Å²) in [7, 11) is 0. The number of carbonyl (C=O) groups excluding carboxylic acids is 1. The van der Waals surface area contributed by atoms with Crippen LogP contribution in [0.25, 0.3) is 16.6 Å². The molecule has 0 unspecified atom stereocenters. The number of morpholine rings is 1. The molecule has 0 aliphatic carbocycles. The molecule has 8 heteroatoms. The van der Waals surface area contributed by atoms with Gasteiger partial charge in [-0.25, -0.2) is 9.97 Å². The van der Waals surface area contributed by atoms with Crippen LogP contribution in [0.2, 0.25) is 0 Å². The van der Waals surface area contributed by atoms with Crippen LogP contribution in [-0.4, -0.2) is 49.9 Å². The monoisotopic (exact) mass is 403 g/mol. The minimum absolute atomic E-state index is 0.243. The largest absolute Gasteiger partial charge is 0.368 e. The Kier molecular flexibility index (Phi) is 4.68. The number of hydrogen-bond acceptors (Lipinski definition) is 5. The Morgan fingerprint density at radius 2 is 1.93 bits per heavy atom. The van der Waals surface area contributed by atoms with Gasteiger partial charge in [-0.15, -0.1) is 0 Å². The lowest BCUT2D eigenvalue weighted by Gasteiger charge is -2.32. The van der Waals surface area contributed by atoms with Gasteiger partial charge in [0.05, 0.1) is 30.7 Å². The molecule has 1 aliphatic heterocycles. The molecule has 0 bridgehead atoms. The van der Waals surface area contributed by atoms with E-state index in [0.717, 1.165) is 28.4 Å². The molecule has 1 atom stereocenters. The third-order valence-corrected chi connectivity index (χ3v) is 5.21. The molecule has 4 aromatic heterocycles. The lowest BCUT2D eigenvalue weighted by Crippen LogP contribution is -2.42. The molecule has 150 valence electrons. The molecule has 5 rings (SSSR count). The lowest BCUT2D eigenvalue weighted by molar-refractivity contribution is -0.0239. The fourth-order valence-corrected chi connectivity index (χ4v) is 3.70. The quantitative estimate of drug-likeness (QED) is 0.492. The molecule has 1 fully saturated rings. The van der Waals surface area contributed by atoms with Gasteiger partial charge in [0.1, 0.15) is 6.10 Å². The number of halogens is 1. The van der Waals surface area contributed by atoms with E-state index < -0.39 is 5.95 Å². The van der Waals surface area contributed by atoms with Crippen LogP contribution in [0, 0.1) is 5.95 Å². The molecule has 4 aromatic rings. The number of imidazole rings is 1. The number of amides is 1. The first kappa shape index (κ1) is 18.4. The Labute approximate surface area is 171 Å². The maximum atomic E-state index is 13.4. The molecule has 1 saturated heterocycles. The van der Waals surface area contributed by atoms with Crippen LogP contribution in [0.3, 0.4) is 0 Å². The van der Waals surface area contributed by atoms with Gasteiger partial charge in [0.25, 0.3) is 5.91 Å². The van der Waals surface area contributed by atoms with Crippen molar-refractivity contribution in [3.8, 4) is 11.1 Å². The summed E-state index contributed by atoms with van der Waals surface area (Å²) in [5.74, 6) is -0.913. The van der Waals surface area contributed by atoms with Gasteiger partial charge in [-0.3, -0.25) is 9.78 Å². The minimum Gasteiger partial charge on any atom is -0.368 e. The summed E-state index contributed by atoms with van der Waals surface area (Å²) in [6.07, 6.45) is 8.21. The zero-order valence-electron chi connectivity index (χ0n) is 16.0. The van der Waals surface area contributed by atoms with E-state index in [0.29, 0.717) is 19.7 Å². The van der Waals surface area contributed by atoms with Crippen LogP contribution in [0.1, 0.15) is 22.2 Å². The van der Waals surface area contributed by atoms with Gasteiger partial charge in [-0.1, -0.05) is 6.07 Å². The first-order valence-corrected chi connectivity index (χ1v) is 9.58. The zero-order valence-corrected chi connectivity index (χ0v) is 16.0.